The van der Waals surface area contributed by atoms with Gasteiger partial charge in [-0.3, -0.25) is 9.89 Å². The van der Waals surface area contributed by atoms with Gasteiger partial charge in [0.05, 0.1) is 0 Å². The Balaban J connectivity index is 2.07. The molecule has 1 heterocycles. The van der Waals surface area contributed by atoms with Crippen LogP contribution in [0.4, 0.5) is 0 Å². The first kappa shape index (κ1) is 12.1. The Bertz CT molecular complexity index is 407. The zero-order valence-corrected chi connectivity index (χ0v) is 11.0. The Morgan fingerprint density at radius 2 is 2.12 bits per heavy atom. The number of hydrogen-bond acceptors (Lipinski definition) is 2. The minimum atomic E-state index is 0.0209. The number of rotatable bonds is 4. The van der Waals surface area contributed by atoms with E-state index in [-0.39, 0.29) is 5.91 Å². The minimum Gasteiger partial charge on any atom is -0.337 e. The van der Waals surface area contributed by atoms with Crippen molar-refractivity contribution in [1.82, 2.24) is 15.1 Å². The van der Waals surface area contributed by atoms with Crippen LogP contribution in [-0.2, 0) is 0 Å². The molecule has 0 spiro atoms. The molecule has 1 atom stereocenters. The van der Waals surface area contributed by atoms with E-state index in [0.717, 1.165) is 5.69 Å². The van der Waals surface area contributed by atoms with Gasteiger partial charge in [-0.05, 0) is 37.7 Å². The molecule has 0 radical (unpaired) electrons. The summed E-state index contributed by atoms with van der Waals surface area (Å²) in [5.74, 6) is 1.08. The quantitative estimate of drug-likeness (QED) is 0.871. The van der Waals surface area contributed by atoms with E-state index in [1.165, 1.54) is 12.8 Å². The molecule has 0 aromatic carbocycles. The third-order valence-electron chi connectivity index (χ3n) is 3.67. The van der Waals surface area contributed by atoms with Gasteiger partial charge in [0, 0.05) is 18.8 Å². The van der Waals surface area contributed by atoms with Crippen molar-refractivity contribution in [2.45, 2.75) is 45.6 Å². The van der Waals surface area contributed by atoms with Crippen LogP contribution in [0.15, 0.2) is 6.07 Å². The fourth-order valence-electron chi connectivity index (χ4n) is 2.00. The van der Waals surface area contributed by atoms with E-state index in [0.29, 0.717) is 23.6 Å². The van der Waals surface area contributed by atoms with Crippen molar-refractivity contribution in [2.24, 2.45) is 5.92 Å². The van der Waals surface area contributed by atoms with Gasteiger partial charge in [0.2, 0.25) is 0 Å². The predicted molar refractivity (Wildman–Crippen MR) is 67.0 cm³/mol. The highest BCUT2D eigenvalue weighted by atomic mass is 16.2. The smallest absolute Gasteiger partial charge is 0.274 e. The Hall–Kier alpha value is -1.32. The summed E-state index contributed by atoms with van der Waals surface area (Å²) in [6.07, 6.45) is 2.49. The molecular weight excluding hydrogens is 214 g/mol. The Morgan fingerprint density at radius 3 is 2.59 bits per heavy atom. The molecule has 0 bridgehead atoms. The maximum absolute atomic E-state index is 12.2. The summed E-state index contributed by atoms with van der Waals surface area (Å²) in [6.45, 7) is 6.28. The molecule has 94 valence electrons. The van der Waals surface area contributed by atoms with Crippen LogP contribution in [0.3, 0.4) is 0 Å². The molecular formula is C13H21N3O. The molecule has 1 aromatic rings. The van der Waals surface area contributed by atoms with E-state index in [2.05, 4.69) is 31.0 Å². The number of hydrogen-bond donors (Lipinski definition) is 1. The first-order valence-electron chi connectivity index (χ1n) is 6.33. The normalized spacial score (nSPS) is 17.2. The standard InChI is InChI=1S/C13H21N3O/c1-8(2)11-7-12(15-14-11)13(17)16(4)9(3)10-5-6-10/h7-10H,5-6H2,1-4H3,(H,14,15)/t9-/m0/s1. The second-order valence-electron chi connectivity index (χ2n) is 5.36. The maximum Gasteiger partial charge on any atom is 0.274 e. The minimum absolute atomic E-state index is 0.0209. The Kier molecular flexibility index (Phi) is 3.22. The highest BCUT2D eigenvalue weighted by molar-refractivity contribution is 5.92. The van der Waals surface area contributed by atoms with Gasteiger partial charge in [-0.25, -0.2) is 0 Å². The van der Waals surface area contributed by atoms with Crippen molar-refractivity contribution in [3.8, 4) is 0 Å². The van der Waals surface area contributed by atoms with E-state index in [1.807, 2.05) is 18.0 Å². The molecule has 0 aliphatic heterocycles. The molecule has 1 amide bonds. The third kappa shape index (κ3) is 2.51. The van der Waals surface area contributed by atoms with Gasteiger partial charge in [-0.15, -0.1) is 0 Å². The van der Waals surface area contributed by atoms with Gasteiger partial charge in [-0.2, -0.15) is 5.10 Å². The Morgan fingerprint density at radius 1 is 1.47 bits per heavy atom. The highest BCUT2D eigenvalue weighted by Gasteiger charge is 2.33. The van der Waals surface area contributed by atoms with Crippen LogP contribution >= 0.6 is 0 Å². The molecule has 1 aromatic heterocycles. The average Bonchev–Trinajstić information content (AvgIpc) is 3.03. The first-order chi connectivity index (χ1) is 8.00. The predicted octanol–water partition coefficient (Wildman–Crippen LogP) is 2.40. The van der Waals surface area contributed by atoms with Crippen LogP contribution in [0.25, 0.3) is 0 Å². The number of carbonyl (C=O) groups excluding carboxylic acids is 1. The molecule has 1 fully saturated rings. The van der Waals surface area contributed by atoms with Gasteiger partial charge in [0.25, 0.3) is 5.91 Å². The summed E-state index contributed by atoms with van der Waals surface area (Å²) in [5, 5.41) is 7.03. The van der Waals surface area contributed by atoms with E-state index in [1.54, 1.807) is 0 Å². The monoisotopic (exact) mass is 235 g/mol. The van der Waals surface area contributed by atoms with E-state index < -0.39 is 0 Å². The van der Waals surface area contributed by atoms with E-state index in [4.69, 9.17) is 0 Å². The number of carbonyl (C=O) groups is 1. The fraction of sp³-hybridized carbons (Fsp3) is 0.692. The molecule has 4 nitrogen and oxygen atoms in total. The second kappa shape index (κ2) is 4.51. The summed E-state index contributed by atoms with van der Waals surface area (Å²) in [4.78, 5) is 14.0. The van der Waals surface area contributed by atoms with Crippen LogP contribution in [0.2, 0.25) is 0 Å². The van der Waals surface area contributed by atoms with Gasteiger partial charge < -0.3 is 4.90 Å². The van der Waals surface area contributed by atoms with Crippen LogP contribution in [-0.4, -0.2) is 34.1 Å². The lowest BCUT2D eigenvalue weighted by atomic mass is 10.1. The largest absolute Gasteiger partial charge is 0.337 e. The average molecular weight is 235 g/mol. The molecule has 0 unspecified atom stereocenters. The summed E-state index contributed by atoms with van der Waals surface area (Å²) >= 11 is 0. The summed E-state index contributed by atoms with van der Waals surface area (Å²) in [7, 11) is 1.87. The summed E-state index contributed by atoms with van der Waals surface area (Å²) in [5.41, 5.74) is 1.55. The first-order valence-corrected chi connectivity index (χ1v) is 6.33. The lowest BCUT2D eigenvalue weighted by molar-refractivity contribution is 0.0721. The maximum atomic E-state index is 12.2. The van der Waals surface area contributed by atoms with Crippen LogP contribution < -0.4 is 0 Å². The van der Waals surface area contributed by atoms with Crippen LogP contribution in [0.1, 0.15) is 55.7 Å². The topological polar surface area (TPSA) is 49.0 Å². The lowest BCUT2D eigenvalue weighted by Crippen LogP contribution is -2.36. The van der Waals surface area contributed by atoms with Crippen molar-refractivity contribution in [3.05, 3.63) is 17.5 Å². The molecule has 4 heteroatoms. The highest BCUT2D eigenvalue weighted by Crippen LogP contribution is 2.35. The van der Waals surface area contributed by atoms with Crippen LogP contribution in [0.5, 0.6) is 0 Å². The van der Waals surface area contributed by atoms with Crippen LogP contribution in [0, 0.1) is 5.92 Å². The summed E-state index contributed by atoms with van der Waals surface area (Å²) < 4.78 is 0. The number of aromatic amines is 1. The third-order valence-corrected chi connectivity index (χ3v) is 3.67. The zero-order chi connectivity index (χ0) is 12.6. The van der Waals surface area contributed by atoms with Crippen molar-refractivity contribution in [2.75, 3.05) is 7.05 Å². The van der Waals surface area contributed by atoms with Gasteiger partial charge in [-0.1, -0.05) is 13.8 Å². The molecule has 2 rings (SSSR count). The lowest BCUT2D eigenvalue weighted by Gasteiger charge is -2.23. The number of nitrogens with zero attached hydrogens (tertiary/aromatic N) is 2. The van der Waals surface area contributed by atoms with Gasteiger partial charge >= 0.3 is 0 Å². The molecule has 1 saturated carbocycles. The fourth-order valence-corrected chi connectivity index (χ4v) is 2.00. The van der Waals surface area contributed by atoms with Gasteiger partial charge in [0.1, 0.15) is 5.69 Å². The zero-order valence-electron chi connectivity index (χ0n) is 11.0. The van der Waals surface area contributed by atoms with E-state index in [9.17, 15) is 4.79 Å². The van der Waals surface area contributed by atoms with Crippen molar-refractivity contribution in [1.29, 1.82) is 0 Å². The number of H-pyrrole nitrogens is 1. The molecule has 0 saturated heterocycles. The van der Waals surface area contributed by atoms with Crippen molar-refractivity contribution < 1.29 is 4.79 Å². The molecule has 1 aliphatic carbocycles. The number of aromatic nitrogens is 2. The molecule has 1 aliphatic rings. The molecule has 1 N–H and O–H groups in total. The number of nitrogens with one attached hydrogen (secondary N) is 1. The Labute approximate surface area is 102 Å². The summed E-state index contributed by atoms with van der Waals surface area (Å²) in [6, 6.07) is 2.19. The van der Waals surface area contributed by atoms with E-state index >= 15 is 0 Å². The molecule has 17 heavy (non-hydrogen) atoms. The SMILES string of the molecule is CC(C)c1cc(C(=O)N(C)[C@@H](C)C2CC2)n[nH]1. The second-order valence-corrected chi connectivity index (χ2v) is 5.36. The number of amides is 1. The van der Waals surface area contributed by atoms with Gasteiger partial charge in [0.15, 0.2) is 0 Å². The van der Waals surface area contributed by atoms with Crippen molar-refractivity contribution >= 4 is 5.91 Å². The van der Waals surface area contributed by atoms with Crippen molar-refractivity contribution in [3.63, 3.8) is 0 Å².